The molecule has 32 heavy (non-hydrogen) atoms. The molecule has 7 nitrogen and oxygen atoms in total. The van der Waals surface area contributed by atoms with Crippen molar-refractivity contribution in [1.82, 2.24) is 14.7 Å². The minimum Gasteiger partial charge on any atom is -0.365 e. The quantitative estimate of drug-likeness (QED) is 0.675. The second-order valence-corrected chi connectivity index (χ2v) is 8.96. The Balaban J connectivity index is 1.19. The molecule has 0 unspecified atom stereocenters. The molecule has 0 saturated carbocycles. The number of ether oxygens (including phenoxy) is 1. The second kappa shape index (κ2) is 7.38. The van der Waals surface area contributed by atoms with Crippen LogP contribution >= 0.6 is 0 Å². The Morgan fingerprint density at radius 3 is 2.75 bits per heavy atom. The van der Waals surface area contributed by atoms with Crippen LogP contribution in [-0.4, -0.2) is 40.2 Å². The van der Waals surface area contributed by atoms with Gasteiger partial charge in [-0.1, -0.05) is 36.4 Å². The first kappa shape index (κ1) is 19.4. The van der Waals surface area contributed by atoms with Gasteiger partial charge < -0.3 is 19.9 Å². The number of aromatic nitrogens is 2. The Hall–Kier alpha value is -3.32. The van der Waals surface area contributed by atoms with Crippen LogP contribution in [0.3, 0.4) is 0 Å². The van der Waals surface area contributed by atoms with E-state index in [1.165, 1.54) is 11.1 Å². The largest absolute Gasteiger partial charge is 0.365 e. The molecule has 164 valence electrons. The summed E-state index contributed by atoms with van der Waals surface area (Å²) in [7, 11) is 1.93. The van der Waals surface area contributed by atoms with E-state index in [9.17, 15) is 4.79 Å². The van der Waals surface area contributed by atoms with Crippen molar-refractivity contribution in [3.05, 3.63) is 71.4 Å². The van der Waals surface area contributed by atoms with Gasteiger partial charge >= 0.3 is 0 Å². The van der Waals surface area contributed by atoms with Crippen molar-refractivity contribution >= 4 is 23.1 Å². The number of para-hydroxylation sites is 2. The molecule has 1 N–H and O–H groups in total. The van der Waals surface area contributed by atoms with Crippen LogP contribution in [0.4, 0.5) is 17.2 Å². The van der Waals surface area contributed by atoms with E-state index in [0.29, 0.717) is 19.7 Å². The molecule has 3 aliphatic rings. The zero-order chi connectivity index (χ0) is 21.7. The van der Waals surface area contributed by atoms with Gasteiger partial charge in [0.25, 0.3) is 0 Å². The minimum absolute atomic E-state index is 0.160. The van der Waals surface area contributed by atoms with Gasteiger partial charge in [0, 0.05) is 32.2 Å². The third kappa shape index (κ3) is 3.07. The molecule has 3 aliphatic heterocycles. The van der Waals surface area contributed by atoms with E-state index >= 15 is 0 Å². The maximum absolute atomic E-state index is 13.4. The second-order valence-electron chi connectivity index (χ2n) is 8.96. The molecule has 0 bridgehead atoms. The van der Waals surface area contributed by atoms with Crippen LogP contribution in [0.2, 0.25) is 0 Å². The third-order valence-corrected chi connectivity index (χ3v) is 7.14. The van der Waals surface area contributed by atoms with Crippen LogP contribution in [0.5, 0.6) is 0 Å². The number of hydrogen-bond acceptors (Lipinski definition) is 5. The summed E-state index contributed by atoms with van der Waals surface area (Å²) in [6, 6.07) is 16.7. The van der Waals surface area contributed by atoms with Gasteiger partial charge in [-0.2, -0.15) is 5.10 Å². The number of amides is 1. The SMILES string of the molecule is Cn1ncc2c1Nc1ccccc1N(CC(=O)N1CCC3(CC1)OCc1ccccc13)C2. The smallest absolute Gasteiger partial charge is 0.242 e. The molecule has 0 radical (unpaired) electrons. The monoisotopic (exact) mass is 429 g/mol. The van der Waals surface area contributed by atoms with Crippen LogP contribution in [-0.2, 0) is 35.3 Å². The zero-order valence-corrected chi connectivity index (χ0v) is 18.3. The van der Waals surface area contributed by atoms with Gasteiger partial charge in [0.15, 0.2) is 0 Å². The Labute approximate surface area is 187 Å². The summed E-state index contributed by atoms with van der Waals surface area (Å²) < 4.78 is 8.12. The molecule has 4 heterocycles. The maximum atomic E-state index is 13.4. The summed E-state index contributed by atoms with van der Waals surface area (Å²) in [5, 5.41) is 7.89. The fraction of sp³-hybridized carbons (Fsp3) is 0.360. The summed E-state index contributed by atoms with van der Waals surface area (Å²) in [5.74, 6) is 1.14. The van der Waals surface area contributed by atoms with Crippen molar-refractivity contribution in [2.24, 2.45) is 7.05 Å². The van der Waals surface area contributed by atoms with Crippen molar-refractivity contribution in [3.8, 4) is 0 Å². The molecule has 1 saturated heterocycles. The zero-order valence-electron chi connectivity index (χ0n) is 18.3. The molecular weight excluding hydrogens is 402 g/mol. The fourth-order valence-electron chi connectivity index (χ4n) is 5.35. The summed E-state index contributed by atoms with van der Waals surface area (Å²) >= 11 is 0. The number of anilines is 3. The number of benzene rings is 2. The Morgan fingerprint density at radius 1 is 1.09 bits per heavy atom. The number of aryl methyl sites for hydroxylation is 1. The molecule has 0 atom stereocenters. The summed E-state index contributed by atoms with van der Waals surface area (Å²) in [5.41, 5.74) is 5.49. The topological polar surface area (TPSA) is 62.6 Å². The first-order valence-corrected chi connectivity index (χ1v) is 11.2. The standard InChI is InChI=1S/C25H27N5O2/c1-28-24-19(14-26-28)15-30(22-9-5-4-8-21(22)27-24)16-23(31)29-12-10-25(11-13-29)20-7-3-2-6-18(20)17-32-25/h2-9,14,27H,10-13,15-17H2,1H3. The van der Waals surface area contributed by atoms with E-state index in [1.54, 1.807) is 0 Å². The first-order valence-electron chi connectivity index (χ1n) is 11.2. The lowest BCUT2D eigenvalue weighted by atomic mass is 9.84. The molecule has 1 aromatic heterocycles. The molecule has 1 amide bonds. The molecular formula is C25H27N5O2. The number of carbonyl (C=O) groups excluding carboxylic acids is 1. The third-order valence-electron chi connectivity index (χ3n) is 7.14. The van der Waals surface area contributed by atoms with Crippen molar-refractivity contribution < 1.29 is 9.53 Å². The van der Waals surface area contributed by atoms with E-state index < -0.39 is 0 Å². The van der Waals surface area contributed by atoms with E-state index in [2.05, 4.69) is 51.7 Å². The normalized spacial score (nSPS) is 18.5. The van der Waals surface area contributed by atoms with Crippen LogP contribution in [0, 0.1) is 0 Å². The Morgan fingerprint density at radius 2 is 1.88 bits per heavy atom. The van der Waals surface area contributed by atoms with Gasteiger partial charge in [-0.25, -0.2) is 0 Å². The Kier molecular flexibility index (Phi) is 4.47. The van der Waals surface area contributed by atoms with Crippen LogP contribution in [0.15, 0.2) is 54.7 Å². The molecule has 1 fully saturated rings. The molecule has 0 aliphatic carbocycles. The predicted molar refractivity (Wildman–Crippen MR) is 123 cm³/mol. The highest BCUT2D eigenvalue weighted by Gasteiger charge is 2.43. The number of likely N-dealkylation sites (tertiary alicyclic amines) is 1. The highest BCUT2D eigenvalue weighted by molar-refractivity contribution is 5.85. The van der Waals surface area contributed by atoms with Gasteiger partial charge in [-0.3, -0.25) is 9.48 Å². The van der Waals surface area contributed by atoms with Crippen molar-refractivity contribution in [1.29, 1.82) is 0 Å². The van der Waals surface area contributed by atoms with Crippen molar-refractivity contribution in [2.75, 3.05) is 29.9 Å². The highest BCUT2D eigenvalue weighted by atomic mass is 16.5. The number of piperidine rings is 1. The number of fused-ring (bicyclic) bond motifs is 4. The highest BCUT2D eigenvalue weighted by Crippen LogP contribution is 2.44. The molecule has 7 heteroatoms. The van der Waals surface area contributed by atoms with E-state index in [4.69, 9.17) is 4.74 Å². The molecule has 6 rings (SSSR count). The van der Waals surface area contributed by atoms with Crippen molar-refractivity contribution in [3.63, 3.8) is 0 Å². The lowest BCUT2D eigenvalue weighted by molar-refractivity contribution is -0.137. The number of nitrogens with one attached hydrogen (secondary N) is 1. The number of hydrogen-bond donors (Lipinski definition) is 1. The summed E-state index contributed by atoms with van der Waals surface area (Å²) in [6.45, 7) is 3.11. The number of carbonyl (C=O) groups is 1. The first-order chi connectivity index (χ1) is 15.6. The average molecular weight is 430 g/mol. The summed E-state index contributed by atoms with van der Waals surface area (Å²) in [6.07, 6.45) is 3.58. The van der Waals surface area contributed by atoms with Crippen LogP contribution < -0.4 is 10.2 Å². The van der Waals surface area contributed by atoms with Gasteiger partial charge in [0.1, 0.15) is 5.82 Å². The van der Waals surface area contributed by atoms with Gasteiger partial charge in [-0.05, 0) is 36.1 Å². The Bertz CT molecular complexity index is 1180. The van der Waals surface area contributed by atoms with Crippen LogP contribution in [0.1, 0.15) is 29.5 Å². The minimum atomic E-state index is -0.225. The lowest BCUT2D eigenvalue weighted by Gasteiger charge is -2.40. The van der Waals surface area contributed by atoms with Gasteiger partial charge in [-0.15, -0.1) is 0 Å². The van der Waals surface area contributed by atoms with Crippen molar-refractivity contribution in [2.45, 2.75) is 31.6 Å². The van der Waals surface area contributed by atoms with E-state index in [0.717, 1.165) is 48.7 Å². The molecule has 2 aromatic carbocycles. The van der Waals surface area contributed by atoms with Gasteiger partial charge in [0.05, 0.1) is 36.3 Å². The van der Waals surface area contributed by atoms with E-state index in [-0.39, 0.29) is 11.5 Å². The number of nitrogens with zero attached hydrogens (tertiary/aromatic N) is 4. The predicted octanol–water partition coefficient (Wildman–Crippen LogP) is 3.53. The maximum Gasteiger partial charge on any atom is 0.242 e. The van der Waals surface area contributed by atoms with E-state index in [1.807, 2.05) is 35.0 Å². The molecule has 1 spiro atoms. The lowest BCUT2D eigenvalue weighted by Crippen LogP contribution is -2.48. The fourth-order valence-corrected chi connectivity index (χ4v) is 5.35. The van der Waals surface area contributed by atoms with Crippen LogP contribution in [0.25, 0.3) is 0 Å². The average Bonchev–Trinajstić information content (AvgIpc) is 3.29. The number of rotatable bonds is 2. The molecule has 3 aromatic rings. The van der Waals surface area contributed by atoms with Gasteiger partial charge in [0.2, 0.25) is 5.91 Å². The summed E-state index contributed by atoms with van der Waals surface area (Å²) in [4.78, 5) is 17.5.